The van der Waals surface area contributed by atoms with Crippen molar-refractivity contribution in [3.05, 3.63) is 29.8 Å². The summed E-state index contributed by atoms with van der Waals surface area (Å²) in [6.45, 7) is 5.97. The Morgan fingerprint density at radius 3 is 2.86 bits per heavy atom. The first kappa shape index (κ1) is 22.3. The molecule has 2 N–H and O–H groups in total. The lowest BCUT2D eigenvalue weighted by atomic mass is 10.2. The summed E-state index contributed by atoms with van der Waals surface area (Å²) in [6.07, 6.45) is -2.44. The third-order valence-electron chi connectivity index (χ3n) is 3.98. The average molecular weight is 403 g/mol. The molecule has 1 aliphatic heterocycles. The maximum Gasteiger partial charge on any atom is 0.416 e. The summed E-state index contributed by atoms with van der Waals surface area (Å²) in [5.74, 6) is 0.825. The second-order valence-electron chi connectivity index (χ2n) is 6.27. The molecule has 1 aromatic carbocycles. The van der Waals surface area contributed by atoms with Gasteiger partial charge in [-0.3, -0.25) is 4.99 Å². The molecule has 1 unspecified atom stereocenters. The van der Waals surface area contributed by atoms with Gasteiger partial charge in [0.05, 0.1) is 24.8 Å². The van der Waals surface area contributed by atoms with Gasteiger partial charge in [-0.25, -0.2) is 0 Å². The molecule has 0 radical (unpaired) electrons. The van der Waals surface area contributed by atoms with Crippen LogP contribution in [0.15, 0.2) is 29.3 Å². The number of benzene rings is 1. The fourth-order valence-corrected chi connectivity index (χ4v) is 2.59. The minimum Gasteiger partial charge on any atom is -0.492 e. The molecular weight excluding hydrogens is 375 g/mol. The highest BCUT2D eigenvalue weighted by atomic mass is 19.4. The number of hydrogen-bond acceptors (Lipinski definition) is 4. The number of guanidine groups is 1. The summed E-state index contributed by atoms with van der Waals surface area (Å²) >= 11 is 0. The molecule has 0 saturated carbocycles. The van der Waals surface area contributed by atoms with Gasteiger partial charge < -0.3 is 24.8 Å². The molecule has 2 rings (SSSR count). The van der Waals surface area contributed by atoms with E-state index in [0.29, 0.717) is 38.8 Å². The van der Waals surface area contributed by atoms with Crippen LogP contribution in [0.1, 0.15) is 25.3 Å². The van der Waals surface area contributed by atoms with Crippen molar-refractivity contribution in [2.24, 2.45) is 4.99 Å². The third kappa shape index (κ3) is 8.35. The Balaban J connectivity index is 1.66. The van der Waals surface area contributed by atoms with Gasteiger partial charge in [-0.2, -0.15) is 13.2 Å². The van der Waals surface area contributed by atoms with Gasteiger partial charge in [0.25, 0.3) is 0 Å². The molecule has 0 bridgehead atoms. The van der Waals surface area contributed by atoms with Crippen LogP contribution >= 0.6 is 0 Å². The number of alkyl halides is 3. The van der Waals surface area contributed by atoms with E-state index in [4.69, 9.17) is 14.2 Å². The predicted molar refractivity (Wildman–Crippen MR) is 101 cm³/mol. The maximum absolute atomic E-state index is 12.7. The van der Waals surface area contributed by atoms with E-state index in [1.165, 1.54) is 12.1 Å². The molecule has 1 fully saturated rings. The maximum atomic E-state index is 12.7. The molecule has 9 heteroatoms. The Morgan fingerprint density at radius 1 is 1.29 bits per heavy atom. The number of ether oxygens (including phenoxy) is 3. The van der Waals surface area contributed by atoms with Crippen LogP contribution < -0.4 is 15.4 Å². The van der Waals surface area contributed by atoms with Crippen LogP contribution in [0.4, 0.5) is 13.2 Å². The molecule has 6 nitrogen and oxygen atoms in total. The minimum atomic E-state index is -4.38. The van der Waals surface area contributed by atoms with Crippen LogP contribution in [0, 0.1) is 0 Å². The zero-order chi connectivity index (χ0) is 20.2. The van der Waals surface area contributed by atoms with E-state index in [9.17, 15) is 13.2 Å². The molecule has 1 saturated heterocycles. The highest BCUT2D eigenvalue weighted by molar-refractivity contribution is 5.79. The van der Waals surface area contributed by atoms with Crippen molar-refractivity contribution in [3.63, 3.8) is 0 Å². The van der Waals surface area contributed by atoms with E-state index in [2.05, 4.69) is 15.6 Å². The molecular formula is C19H28F3N3O3. The highest BCUT2D eigenvalue weighted by Gasteiger charge is 2.30. The van der Waals surface area contributed by atoms with Crippen molar-refractivity contribution in [3.8, 4) is 5.75 Å². The van der Waals surface area contributed by atoms with Crippen LogP contribution in [0.25, 0.3) is 0 Å². The number of rotatable bonds is 10. The molecule has 1 aromatic rings. The quantitative estimate of drug-likeness (QED) is 0.357. The Hall–Kier alpha value is -2.00. The summed E-state index contributed by atoms with van der Waals surface area (Å²) in [6, 6.07) is 4.85. The van der Waals surface area contributed by atoms with Gasteiger partial charge in [-0.1, -0.05) is 6.07 Å². The first-order valence-corrected chi connectivity index (χ1v) is 9.50. The number of halogens is 3. The lowest BCUT2D eigenvalue weighted by Gasteiger charge is -2.13. The summed E-state index contributed by atoms with van der Waals surface area (Å²) in [5, 5.41) is 6.21. The van der Waals surface area contributed by atoms with Crippen LogP contribution in [-0.4, -0.2) is 58.1 Å². The van der Waals surface area contributed by atoms with Crippen LogP contribution in [0.3, 0.4) is 0 Å². The van der Waals surface area contributed by atoms with Gasteiger partial charge in [0.1, 0.15) is 12.4 Å². The first-order chi connectivity index (χ1) is 13.5. The van der Waals surface area contributed by atoms with Crippen LogP contribution in [0.2, 0.25) is 0 Å². The van der Waals surface area contributed by atoms with E-state index in [0.717, 1.165) is 31.6 Å². The number of aliphatic imine (C=N–C) groups is 1. The van der Waals surface area contributed by atoms with E-state index in [1.54, 1.807) is 0 Å². The molecule has 28 heavy (non-hydrogen) atoms. The van der Waals surface area contributed by atoms with Crippen molar-refractivity contribution in [2.75, 3.05) is 46.1 Å². The lowest BCUT2D eigenvalue weighted by molar-refractivity contribution is -0.137. The second-order valence-corrected chi connectivity index (χ2v) is 6.27. The molecule has 1 heterocycles. The Labute approximate surface area is 163 Å². The Bertz CT molecular complexity index is 606. The Morgan fingerprint density at radius 2 is 2.14 bits per heavy atom. The SMILES string of the molecule is CCNC(=NCCCOC1CCOC1)NCCOc1cccc(C(F)(F)F)c1. The third-order valence-corrected chi connectivity index (χ3v) is 3.98. The fraction of sp³-hybridized carbons (Fsp3) is 0.632. The van der Waals surface area contributed by atoms with Crippen LogP contribution in [-0.2, 0) is 15.7 Å². The number of hydrogen-bond donors (Lipinski definition) is 2. The normalized spacial score (nSPS) is 17.6. The largest absolute Gasteiger partial charge is 0.492 e. The second kappa shape index (κ2) is 11.8. The number of nitrogens with zero attached hydrogens (tertiary/aromatic N) is 1. The molecule has 0 aliphatic carbocycles. The summed E-state index contributed by atoms with van der Waals surface area (Å²) in [4.78, 5) is 4.45. The van der Waals surface area contributed by atoms with Gasteiger partial charge in [0.2, 0.25) is 0 Å². The van der Waals surface area contributed by atoms with Crippen molar-refractivity contribution in [2.45, 2.75) is 32.0 Å². The summed E-state index contributed by atoms with van der Waals surface area (Å²) < 4.78 is 54.4. The molecule has 158 valence electrons. The Kier molecular flexibility index (Phi) is 9.36. The first-order valence-electron chi connectivity index (χ1n) is 9.50. The van der Waals surface area contributed by atoms with E-state index >= 15 is 0 Å². The standard InChI is InChI=1S/C19H28F3N3O3/c1-2-23-18(24-8-4-10-27-17-7-11-26-14-17)25-9-12-28-16-6-3-5-15(13-16)19(20,21)22/h3,5-6,13,17H,2,4,7-12,14H2,1H3,(H2,23,24,25). The predicted octanol–water partition coefficient (Wildman–Crippen LogP) is 2.83. The van der Waals surface area contributed by atoms with Crippen molar-refractivity contribution >= 4 is 5.96 Å². The zero-order valence-electron chi connectivity index (χ0n) is 16.1. The smallest absolute Gasteiger partial charge is 0.416 e. The van der Waals surface area contributed by atoms with Gasteiger partial charge in [-0.05, 0) is 38.0 Å². The molecule has 1 atom stereocenters. The van der Waals surface area contributed by atoms with Crippen molar-refractivity contribution in [1.29, 1.82) is 0 Å². The van der Waals surface area contributed by atoms with E-state index < -0.39 is 11.7 Å². The molecule has 0 spiro atoms. The van der Waals surface area contributed by atoms with Crippen LogP contribution in [0.5, 0.6) is 5.75 Å². The molecule has 1 aliphatic rings. The van der Waals surface area contributed by atoms with E-state index in [-0.39, 0.29) is 18.5 Å². The number of nitrogens with one attached hydrogen (secondary N) is 2. The summed E-state index contributed by atoms with van der Waals surface area (Å²) in [5.41, 5.74) is -0.723. The van der Waals surface area contributed by atoms with E-state index in [1.807, 2.05) is 6.92 Å². The van der Waals surface area contributed by atoms with Gasteiger partial charge in [0, 0.05) is 26.3 Å². The topological polar surface area (TPSA) is 64.1 Å². The van der Waals surface area contributed by atoms with Gasteiger partial charge >= 0.3 is 6.18 Å². The summed E-state index contributed by atoms with van der Waals surface area (Å²) in [7, 11) is 0. The monoisotopic (exact) mass is 403 g/mol. The van der Waals surface area contributed by atoms with Crippen molar-refractivity contribution < 1.29 is 27.4 Å². The molecule has 0 aromatic heterocycles. The van der Waals surface area contributed by atoms with Crippen molar-refractivity contribution in [1.82, 2.24) is 10.6 Å². The zero-order valence-corrected chi connectivity index (χ0v) is 16.1. The molecule has 0 amide bonds. The van der Waals surface area contributed by atoms with Gasteiger partial charge in [-0.15, -0.1) is 0 Å². The lowest BCUT2D eigenvalue weighted by Crippen LogP contribution is -2.39. The minimum absolute atomic E-state index is 0.187. The van der Waals surface area contributed by atoms with Gasteiger partial charge in [0.15, 0.2) is 5.96 Å². The highest BCUT2D eigenvalue weighted by Crippen LogP contribution is 2.31. The fourth-order valence-electron chi connectivity index (χ4n) is 2.59. The average Bonchev–Trinajstić information content (AvgIpc) is 3.18.